The molecule has 7 nitrogen and oxygen atoms in total. The predicted molar refractivity (Wildman–Crippen MR) is 117 cm³/mol. The summed E-state index contributed by atoms with van der Waals surface area (Å²) in [6, 6.07) is 5.88. The summed E-state index contributed by atoms with van der Waals surface area (Å²) in [5, 5.41) is 12.9. The van der Waals surface area contributed by atoms with E-state index in [1.54, 1.807) is 36.0 Å². The van der Waals surface area contributed by atoms with E-state index in [2.05, 4.69) is 5.32 Å². The zero-order valence-electron chi connectivity index (χ0n) is 16.8. The van der Waals surface area contributed by atoms with Gasteiger partial charge in [-0.25, -0.2) is 0 Å². The molecule has 1 aliphatic heterocycles. The fraction of sp³-hybridized carbons (Fsp3) is 0.476. The van der Waals surface area contributed by atoms with Crippen LogP contribution in [0.3, 0.4) is 0 Å². The number of primary amides is 1. The highest BCUT2D eigenvalue weighted by Gasteiger charge is 2.50. The van der Waals surface area contributed by atoms with Crippen LogP contribution in [0.5, 0.6) is 0 Å². The van der Waals surface area contributed by atoms with Gasteiger partial charge in [-0.05, 0) is 43.2 Å². The molecule has 9 heteroatoms. The zero-order chi connectivity index (χ0) is 21.9. The fourth-order valence-electron chi connectivity index (χ4n) is 3.67. The normalized spacial score (nSPS) is 24.6. The number of hydrogen-bond donors (Lipinski definition) is 3. The van der Waals surface area contributed by atoms with Crippen LogP contribution in [-0.2, 0) is 20.8 Å². The molecule has 0 saturated heterocycles. The SMILES string of the molecule is CSC1(CNC(=O)C2C=CC(Cc3ccc(Cl)cc3)(C(N)=O)C(=O)N2CCO)CC1. The monoisotopic (exact) mass is 451 g/mol. The number of nitrogens with zero attached hydrogens (tertiary/aromatic N) is 1. The van der Waals surface area contributed by atoms with Gasteiger partial charge in [-0.15, -0.1) is 0 Å². The van der Waals surface area contributed by atoms with E-state index in [1.165, 1.54) is 17.1 Å². The number of amides is 3. The maximum atomic E-state index is 13.4. The number of rotatable bonds is 9. The number of carbonyl (C=O) groups is 3. The highest BCUT2D eigenvalue weighted by molar-refractivity contribution is 8.00. The first kappa shape index (κ1) is 22.7. The number of β-amino-alcohol motifs (C(OH)–C–C–N with tert-alkyl or cyclic N) is 1. The minimum Gasteiger partial charge on any atom is -0.395 e. The van der Waals surface area contributed by atoms with E-state index in [9.17, 15) is 19.5 Å². The Hall–Kier alpha value is -2.03. The van der Waals surface area contributed by atoms with E-state index in [1.807, 2.05) is 6.26 Å². The third kappa shape index (κ3) is 4.50. The van der Waals surface area contributed by atoms with Crippen LogP contribution in [0.25, 0.3) is 0 Å². The Labute approximate surface area is 185 Å². The minimum absolute atomic E-state index is 0.0424. The molecular weight excluding hydrogens is 426 g/mol. The highest BCUT2D eigenvalue weighted by atomic mass is 35.5. The Balaban J connectivity index is 1.86. The molecule has 4 N–H and O–H groups in total. The number of hydrogen-bond acceptors (Lipinski definition) is 5. The summed E-state index contributed by atoms with van der Waals surface area (Å²) in [6.45, 7) is 0.0999. The second-order valence-electron chi connectivity index (χ2n) is 7.77. The summed E-state index contributed by atoms with van der Waals surface area (Å²) in [6.07, 6.45) is 7.11. The molecule has 2 unspecified atom stereocenters. The van der Waals surface area contributed by atoms with Crippen LogP contribution in [-0.4, -0.2) is 64.5 Å². The van der Waals surface area contributed by atoms with Crippen molar-refractivity contribution in [1.29, 1.82) is 0 Å². The summed E-state index contributed by atoms with van der Waals surface area (Å²) in [5.74, 6) is -1.73. The third-order valence-electron chi connectivity index (χ3n) is 5.81. The topological polar surface area (TPSA) is 113 Å². The lowest BCUT2D eigenvalue weighted by atomic mass is 9.76. The van der Waals surface area contributed by atoms with E-state index in [0.717, 1.165) is 12.8 Å². The van der Waals surface area contributed by atoms with Gasteiger partial charge in [-0.3, -0.25) is 14.4 Å². The number of aliphatic hydroxyl groups is 1. The van der Waals surface area contributed by atoms with Gasteiger partial charge in [-0.1, -0.05) is 35.9 Å². The standard InChI is InChI=1S/C21H26ClN3O4S/c1-30-20(8-9-20)13-24-17(27)16-6-7-21(18(23)28,19(29)25(16)10-11-26)12-14-2-4-15(22)5-3-14/h2-7,16,26H,8-13H2,1H3,(H2,23,28)(H,24,27). The van der Waals surface area contributed by atoms with Crippen LogP contribution in [0.15, 0.2) is 36.4 Å². The highest BCUT2D eigenvalue weighted by Crippen LogP contribution is 2.46. The van der Waals surface area contributed by atoms with Crippen molar-refractivity contribution in [3.05, 3.63) is 47.0 Å². The van der Waals surface area contributed by atoms with Gasteiger partial charge >= 0.3 is 0 Å². The number of nitrogens with two attached hydrogens (primary N) is 1. The molecular formula is C21H26ClN3O4S. The first-order valence-electron chi connectivity index (χ1n) is 9.75. The number of halogens is 1. The predicted octanol–water partition coefficient (Wildman–Crippen LogP) is 1.13. The zero-order valence-corrected chi connectivity index (χ0v) is 18.3. The van der Waals surface area contributed by atoms with Crippen molar-refractivity contribution >= 4 is 41.1 Å². The molecule has 1 aliphatic carbocycles. The lowest BCUT2D eigenvalue weighted by Crippen LogP contribution is -2.60. The number of carbonyl (C=O) groups excluding carboxylic acids is 3. The molecule has 30 heavy (non-hydrogen) atoms. The Kier molecular flexibility index (Phi) is 6.79. The van der Waals surface area contributed by atoms with Crippen LogP contribution >= 0.6 is 23.4 Å². The Morgan fingerprint density at radius 3 is 2.53 bits per heavy atom. The largest absolute Gasteiger partial charge is 0.395 e. The van der Waals surface area contributed by atoms with E-state index in [0.29, 0.717) is 17.1 Å². The average Bonchev–Trinajstić information content (AvgIpc) is 3.51. The van der Waals surface area contributed by atoms with Gasteiger partial charge < -0.3 is 21.1 Å². The second kappa shape index (κ2) is 8.99. The van der Waals surface area contributed by atoms with Gasteiger partial charge in [0.15, 0.2) is 0 Å². The number of aliphatic hydroxyl groups excluding tert-OH is 1. The van der Waals surface area contributed by atoms with Crippen molar-refractivity contribution in [2.24, 2.45) is 11.1 Å². The molecule has 0 bridgehead atoms. The van der Waals surface area contributed by atoms with Crippen molar-refractivity contribution in [2.45, 2.75) is 30.1 Å². The second-order valence-corrected chi connectivity index (χ2v) is 9.48. The summed E-state index contributed by atoms with van der Waals surface area (Å²) in [7, 11) is 0. The van der Waals surface area contributed by atoms with Crippen molar-refractivity contribution in [2.75, 3.05) is 26.0 Å². The van der Waals surface area contributed by atoms with Crippen LogP contribution in [0.1, 0.15) is 18.4 Å². The molecule has 3 rings (SSSR count). The fourth-order valence-corrected chi connectivity index (χ4v) is 4.52. The summed E-state index contributed by atoms with van der Waals surface area (Å²) < 4.78 is 0.0748. The molecule has 0 spiro atoms. The van der Waals surface area contributed by atoms with Crippen molar-refractivity contribution in [1.82, 2.24) is 10.2 Å². The number of thioether (sulfide) groups is 1. The Bertz CT molecular complexity index is 856. The van der Waals surface area contributed by atoms with E-state index in [-0.39, 0.29) is 30.2 Å². The summed E-state index contributed by atoms with van der Waals surface area (Å²) in [5.41, 5.74) is 4.74. The quantitative estimate of drug-likeness (QED) is 0.384. The maximum Gasteiger partial charge on any atom is 0.246 e. The van der Waals surface area contributed by atoms with Crippen molar-refractivity contribution in [3.8, 4) is 0 Å². The van der Waals surface area contributed by atoms with Crippen molar-refractivity contribution in [3.63, 3.8) is 0 Å². The van der Waals surface area contributed by atoms with Gasteiger partial charge in [0, 0.05) is 22.9 Å². The van der Waals surface area contributed by atoms with Gasteiger partial charge in [0.05, 0.1) is 6.61 Å². The molecule has 0 aromatic heterocycles. The van der Waals surface area contributed by atoms with Crippen LogP contribution < -0.4 is 11.1 Å². The molecule has 0 radical (unpaired) electrons. The summed E-state index contributed by atoms with van der Waals surface area (Å²) >= 11 is 7.64. The third-order valence-corrected chi connectivity index (χ3v) is 7.48. The smallest absolute Gasteiger partial charge is 0.246 e. The molecule has 1 aromatic carbocycles. The van der Waals surface area contributed by atoms with Gasteiger partial charge in [0.25, 0.3) is 0 Å². The van der Waals surface area contributed by atoms with Crippen LogP contribution in [0.2, 0.25) is 5.02 Å². The number of nitrogens with one attached hydrogen (secondary N) is 1. The molecule has 3 amide bonds. The minimum atomic E-state index is -1.63. The molecule has 2 atom stereocenters. The Morgan fingerprint density at radius 2 is 2.00 bits per heavy atom. The first-order valence-corrected chi connectivity index (χ1v) is 11.4. The first-order chi connectivity index (χ1) is 14.3. The van der Waals surface area contributed by atoms with Crippen LogP contribution in [0.4, 0.5) is 0 Å². The van der Waals surface area contributed by atoms with Gasteiger partial charge in [0.1, 0.15) is 11.5 Å². The molecule has 1 heterocycles. The van der Waals surface area contributed by atoms with E-state index in [4.69, 9.17) is 17.3 Å². The van der Waals surface area contributed by atoms with E-state index >= 15 is 0 Å². The molecule has 162 valence electrons. The van der Waals surface area contributed by atoms with Crippen LogP contribution in [0, 0.1) is 5.41 Å². The number of benzene rings is 1. The van der Waals surface area contributed by atoms with Gasteiger partial charge in [0.2, 0.25) is 17.7 Å². The molecule has 1 aromatic rings. The lowest BCUT2D eigenvalue weighted by molar-refractivity contribution is -0.152. The molecule has 2 aliphatic rings. The van der Waals surface area contributed by atoms with Gasteiger partial charge in [-0.2, -0.15) is 11.8 Å². The van der Waals surface area contributed by atoms with Crippen molar-refractivity contribution < 1.29 is 19.5 Å². The Morgan fingerprint density at radius 1 is 1.33 bits per heavy atom. The summed E-state index contributed by atoms with van der Waals surface area (Å²) in [4.78, 5) is 39.9. The molecule has 1 saturated carbocycles. The molecule has 1 fully saturated rings. The van der Waals surface area contributed by atoms with E-state index < -0.39 is 23.3 Å². The average molecular weight is 452 g/mol. The lowest BCUT2D eigenvalue weighted by Gasteiger charge is -2.40. The maximum absolute atomic E-state index is 13.4.